The summed E-state index contributed by atoms with van der Waals surface area (Å²) in [5.41, 5.74) is 0.553. The van der Waals surface area contributed by atoms with Crippen LogP contribution in [0.4, 0.5) is 0 Å². The molecule has 1 unspecified atom stereocenters. The van der Waals surface area contributed by atoms with Crippen molar-refractivity contribution in [1.29, 1.82) is 0 Å². The average Bonchev–Trinajstić information content (AvgIpc) is 2.55. The molecule has 0 saturated heterocycles. The maximum Gasteiger partial charge on any atom is 0.241 e. The second-order valence-electron chi connectivity index (χ2n) is 4.89. The van der Waals surface area contributed by atoms with Gasteiger partial charge in [-0.1, -0.05) is 48.0 Å². The minimum Gasteiger partial charge on any atom is -0.359 e. The Morgan fingerprint density at radius 1 is 1.09 bits per heavy atom. The van der Waals surface area contributed by atoms with Gasteiger partial charge in [-0.3, -0.25) is 4.79 Å². The molecule has 0 bridgehead atoms. The van der Waals surface area contributed by atoms with Crippen LogP contribution < -0.4 is 10.0 Å². The van der Waals surface area contributed by atoms with Gasteiger partial charge in [0.05, 0.1) is 10.9 Å². The van der Waals surface area contributed by atoms with E-state index in [1.54, 1.807) is 42.5 Å². The monoisotopic (exact) mass is 352 g/mol. The molecule has 1 amide bonds. The second-order valence-corrected chi connectivity index (χ2v) is 7.01. The van der Waals surface area contributed by atoms with Crippen LogP contribution in [0.15, 0.2) is 59.5 Å². The first-order valence-electron chi connectivity index (χ1n) is 6.96. The van der Waals surface area contributed by atoms with Gasteiger partial charge in [-0.2, -0.15) is 0 Å². The molecule has 0 saturated carbocycles. The molecule has 1 atom stereocenters. The summed E-state index contributed by atoms with van der Waals surface area (Å²) in [5, 5.41) is 2.89. The zero-order valence-corrected chi connectivity index (χ0v) is 14.1. The van der Waals surface area contributed by atoms with Crippen molar-refractivity contribution in [2.45, 2.75) is 17.4 Å². The van der Waals surface area contributed by atoms with Crippen LogP contribution in [0.3, 0.4) is 0 Å². The van der Waals surface area contributed by atoms with E-state index in [0.29, 0.717) is 10.6 Å². The third-order valence-corrected chi connectivity index (χ3v) is 5.13. The molecule has 0 aromatic heterocycles. The van der Waals surface area contributed by atoms with Gasteiger partial charge in [0.15, 0.2) is 0 Å². The number of halogens is 1. The van der Waals surface area contributed by atoms with E-state index in [-0.39, 0.29) is 17.2 Å². The van der Waals surface area contributed by atoms with E-state index >= 15 is 0 Å². The van der Waals surface area contributed by atoms with E-state index in [9.17, 15) is 13.2 Å². The molecule has 2 aromatic rings. The Kier molecular flexibility index (Phi) is 5.76. The first-order chi connectivity index (χ1) is 10.9. The van der Waals surface area contributed by atoms with Gasteiger partial charge in [0.25, 0.3) is 0 Å². The zero-order chi connectivity index (χ0) is 16.9. The van der Waals surface area contributed by atoms with Crippen molar-refractivity contribution in [2.75, 3.05) is 7.05 Å². The maximum atomic E-state index is 12.5. The smallest absolute Gasteiger partial charge is 0.241 e. The Balaban J connectivity index is 2.35. The summed E-state index contributed by atoms with van der Waals surface area (Å²) in [4.78, 5) is 11.9. The second kappa shape index (κ2) is 7.59. The molecular weight excluding hydrogens is 336 g/mol. The SMILES string of the molecule is CNC(=O)CC(NS(=O)(=O)c1ccccc1)c1ccccc1Cl. The van der Waals surface area contributed by atoms with Crippen LogP contribution in [0.2, 0.25) is 5.02 Å². The molecule has 122 valence electrons. The highest BCUT2D eigenvalue weighted by Gasteiger charge is 2.24. The molecule has 0 aliphatic carbocycles. The van der Waals surface area contributed by atoms with Gasteiger partial charge in [-0.15, -0.1) is 0 Å². The molecule has 0 fully saturated rings. The number of nitrogens with one attached hydrogen (secondary N) is 2. The van der Waals surface area contributed by atoms with Crippen LogP contribution in [-0.2, 0) is 14.8 Å². The van der Waals surface area contributed by atoms with Crippen molar-refractivity contribution < 1.29 is 13.2 Å². The van der Waals surface area contributed by atoms with E-state index in [1.165, 1.54) is 19.2 Å². The molecule has 0 aliphatic heterocycles. The lowest BCUT2D eigenvalue weighted by atomic mass is 10.0. The molecule has 2 aromatic carbocycles. The van der Waals surface area contributed by atoms with Gasteiger partial charge in [0.2, 0.25) is 15.9 Å². The van der Waals surface area contributed by atoms with Crippen LogP contribution in [0, 0.1) is 0 Å². The number of carbonyl (C=O) groups excluding carboxylic acids is 1. The normalized spacial score (nSPS) is 12.6. The number of hydrogen-bond donors (Lipinski definition) is 2. The van der Waals surface area contributed by atoms with Crippen LogP contribution in [0.25, 0.3) is 0 Å². The summed E-state index contributed by atoms with van der Waals surface area (Å²) in [6.45, 7) is 0. The fourth-order valence-corrected chi connectivity index (χ4v) is 3.62. The van der Waals surface area contributed by atoms with Crippen LogP contribution >= 0.6 is 11.6 Å². The highest BCUT2D eigenvalue weighted by atomic mass is 35.5. The van der Waals surface area contributed by atoms with Crippen molar-refractivity contribution in [2.24, 2.45) is 0 Å². The Morgan fingerprint density at radius 2 is 1.70 bits per heavy atom. The highest BCUT2D eigenvalue weighted by molar-refractivity contribution is 7.89. The summed E-state index contributed by atoms with van der Waals surface area (Å²) < 4.78 is 27.6. The van der Waals surface area contributed by atoms with E-state index in [4.69, 9.17) is 11.6 Å². The molecule has 23 heavy (non-hydrogen) atoms. The van der Waals surface area contributed by atoms with Gasteiger partial charge < -0.3 is 5.32 Å². The topological polar surface area (TPSA) is 75.3 Å². The first kappa shape index (κ1) is 17.5. The van der Waals surface area contributed by atoms with E-state index in [1.807, 2.05) is 0 Å². The Hall–Kier alpha value is -1.89. The lowest BCUT2D eigenvalue weighted by Crippen LogP contribution is -2.33. The Labute approximate surface area is 140 Å². The standard InChI is InChI=1S/C16H17ClN2O3S/c1-18-16(20)11-15(13-9-5-6-10-14(13)17)19-23(21,22)12-7-3-2-4-8-12/h2-10,15,19H,11H2,1H3,(H,18,20). The summed E-state index contributed by atoms with van der Waals surface area (Å²) in [5.74, 6) is -0.286. The summed E-state index contributed by atoms with van der Waals surface area (Å²) in [7, 11) is -2.27. The van der Waals surface area contributed by atoms with Crippen molar-refractivity contribution in [1.82, 2.24) is 10.0 Å². The van der Waals surface area contributed by atoms with Gasteiger partial charge in [0, 0.05) is 18.5 Å². The first-order valence-corrected chi connectivity index (χ1v) is 8.82. The van der Waals surface area contributed by atoms with Gasteiger partial charge in [-0.05, 0) is 23.8 Å². The van der Waals surface area contributed by atoms with Gasteiger partial charge in [-0.25, -0.2) is 13.1 Å². The predicted molar refractivity (Wildman–Crippen MR) is 89.6 cm³/mol. The number of rotatable bonds is 6. The summed E-state index contributed by atoms with van der Waals surface area (Å²) in [6.07, 6.45) is -0.0493. The number of amides is 1. The van der Waals surface area contributed by atoms with Crippen LogP contribution in [-0.4, -0.2) is 21.4 Å². The Morgan fingerprint density at radius 3 is 2.30 bits per heavy atom. The number of benzene rings is 2. The average molecular weight is 353 g/mol. The Bertz CT molecular complexity index is 779. The lowest BCUT2D eigenvalue weighted by molar-refractivity contribution is -0.121. The third kappa shape index (κ3) is 4.54. The number of sulfonamides is 1. The van der Waals surface area contributed by atoms with Crippen molar-refractivity contribution in [3.63, 3.8) is 0 Å². The molecule has 0 aliphatic rings. The van der Waals surface area contributed by atoms with E-state index in [2.05, 4.69) is 10.0 Å². The van der Waals surface area contributed by atoms with E-state index in [0.717, 1.165) is 0 Å². The molecule has 0 heterocycles. The maximum absolute atomic E-state index is 12.5. The zero-order valence-electron chi connectivity index (χ0n) is 12.5. The highest BCUT2D eigenvalue weighted by Crippen LogP contribution is 2.26. The molecule has 7 heteroatoms. The fourth-order valence-electron chi connectivity index (χ4n) is 2.12. The number of carbonyl (C=O) groups is 1. The largest absolute Gasteiger partial charge is 0.359 e. The van der Waals surface area contributed by atoms with Crippen LogP contribution in [0.1, 0.15) is 18.0 Å². The molecule has 0 spiro atoms. The van der Waals surface area contributed by atoms with E-state index < -0.39 is 16.1 Å². The minimum absolute atomic E-state index is 0.0493. The lowest BCUT2D eigenvalue weighted by Gasteiger charge is -2.19. The van der Waals surface area contributed by atoms with Gasteiger partial charge >= 0.3 is 0 Å². The summed E-state index contributed by atoms with van der Waals surface area (Å²) >= 11 is 6.15. The van der Waals surface area contributed by atoms with Crippen molar-refractivity contribution >= 4 is 27.5 Å². The minimum atomic E-state index is -3.77. The molecule has 2 rings (SSSR count). The van der Waals surface area contributed by atoms with Crippen molar-refractivity contribution in [3.8, 4) is 0 Å². The third-order valence-electron chi connectivity index (χ3n) is 3.30. The predicted octanol–water partition coefficient (Wildman–Crippen LogP) is 2.50. The molecular formula is C16H17ClN2O3S. The van der Waals surface area contributed by atoms with Crippen molar-refractivity contribution in [3.05, 3.63) is 65.2 Å². The number of hydrogen-bond acceptors (Lipinski definition) is 3. The molecule has 0 radical (unpaired) electrons. The fraction of sp³-hybridized carbons (Fsp3) is 0.188. The summed E-state index contributed by atoms with van der Waals surface area (Å²) in [6, 6.07) is 14.1. The molecule has 2 N–H and O–H groups in total. The molecule has 5 nitrogen and oxygen atoms in total. The van der Waals surface area contributed by atoms with Gasteiger partial charge in [0.1, 0.15) is 0 Å². The van der Waals surface area contributed by atoms with Crippen LogP contribution in [0.5, 0.6) is 0 Å². The quantitative estimate of drug-likeness (QED) is 0.838.